The summed E-state index contributed by atoms with van der Waals surface area (Å²) in [4.78, 5) is 13.9. The molecule has 0 radical (unpaired) electrons. The first kappa shape index (κ1) is 13.7. The third-order valence-corrected chi connectivity index (χ3v) is 4.55. The van der Waals surface area contributed by atoms with Gasteiger partial charge in [0.2, 0.25) is 0 Å². The molecule has 2 aliphatic heterocycles. The smallest absolute Gasteiger partial charge is 0.410 e. The highest BCUT2D eigenvalue weighted by Crippen LogP contribution is 2.34. The Bertz CT molecular complexity index is 499. The molecule has 0 spiro atoms. The van der Waals surface area contributed by atoms with Gasteiger partial charge in [-0.05, 0) is 37.6 Å². The molecule has 0 saturated carbocycles. The fourth-order valence-corrected chi connectivity index (χ4v) is 3.18. The zero-order valence-corrected chi connectivity index (χ0v) is 12.3. The lowest BCUT2D eigenvalue weighted by molar-refractivity contribution is 0.0287. The van der Waals surface area contributed by atoms with Crippen LogP contribution in [0.25, 0.3) is 0 Å². The van der Waals surface area contributed by atoms with Gasteiger partial charge in [0.25, 0.3) is 0 Å². The fourth-order valence-electron chi connectivity index (χ4n) is 3.06. The van der Waals surface area contributed by atoms with Crippen molar-refractivity contribution in [1.29, 1.82) is 0 Å². The summed E-state index contributed by atoms with van der Waals surface area (Å²) in [5, 5.41) is 4.04. The molecule has 2 atom stereocenters. The summed E-state index contributed by atoms with van der Waals surface area (Å²) in [5.74, 6) is 0.404. The van der Waals surface area contributed by atoms with Crippen molar-refractivity contribution >= 4 is 17.7 Å². The molecule has 2 fully saturated rings. The van der Waals surface area contributed by atoms with Gasteiger partial charge in [-0.25, -0.2) is 4.79 Å². The summed E-state index contributed by atoms with van der Waals surface area (Å²) in [6.45, 7) is 5.21. The van der Waals surface area contributed by atoms with Crippen LogP contribution in [0.2, 0.25) is 5.02 Å². The van der Waals surface area contributed by atoms with E-state index in [1.165, 1.54) is 0 Å². The standard InChI is InChI=1S/C15H19ClN2O2/c1-15(12-6-7-17-8-12)10-18(14(19)20-15)9-11-2-4-13(16)5-3-11/h2-5,12,17H,6-10H2,1H3. The Kier molecular flexibility index (Phi) is 3.61. The number of cyclic esters (lactones) is 1. The Morgan fingerprint density at radius 3 is 2.85 bits per heavy atom. The molecule has 2 unspecified atom stereocenters. The number of benzene rings is 1. The fraction of sp³-hybridized carbons (Fsp3) is 0.533. The van der Waals surface area contributed by atoms with E-state index in [2.05, 4.69) is 5.32 Å². The maximum Gasteiger partial charge on any atom is 0.410 e. The van der Waals surface area contributed by atoms with E-state index in [1.54, 1.807) is 4.90 Å². The van der Waals surface area contributed by atoms with Crippen molar-refractivity contribution in [3.8, 4) is 0 Å². The first-order valence-corrected chi connectivity index (χ1v) is 7.38. The molecular weight excluding hydrogens is 276 g/mol. The van der Waals surface area contributed by atoms with Crippen molar-refractivity contribution in [3.63, 3.8) is 0 Å². The van der Waals surface area contributed by atoms with Crippen molar-refractivity contribution in [2.24, 2.45) is 5.92 Å². The van der Waals surface area contributed by atoms with Gasteiger partial charge < -0.3 is 10.1 Å². The van der Waals surface area contributed by atoms with Gasteiger partial charge >= 0.3 is 6.09 Å². The number of carbonyl (C=O) groups excluding carboxylic acids is 1. The zero-order valence-electron chi connectivity index (χ0n) is 11.6. The number of hydrogen-bond donors (Lipinski definition) is 1. The van der Waals surface area contributed by atoms with E-state index in [1.807, 2.05) is 31.2 Å². The Hall–Kier alpha value is -1.26. The molecule has 108 valence electrons. The molecule has 0 aromatic heterocycles. The minimum atomic E-state index is -0.368. The topological polar surface area (TPSA) is 41.6 Å². The number of carbonyl (C=O) groups is 1. The minimum absolute atomic E-state index is 0.214. The molecule has 1 aromatic rings. The molecule has 2 heterocycles. The molecule has 3 rings (SSSR count). The van der Waals surface area contributed by atoms with Crippen LogP contribution in [0.3, 0.4) is 0 Å². The van der Waals surface area contributed by atoms with E-state index >= 15 is 0 Å². The van der Waals surface area contributed by atoms with Gasteiger partial charge in [0.1, 0.15) is 5.60 Å². The van der Waals surface area contributed by atoms with Crippen molar-refractivity contribution in [3.05, 3.63) is 34.9 Å². The second-order valence-electron chi connectivity index (χ2n) is 5.85. The summed E-state index contributed by atoms with van der Waals surface area (Å²) < 4.78 is 5.66. The minimum Gasteiger partial charge on any atom is -0.441 e. The molecule has 5 heteroatoms. The number of rotatable bonds is 3. The highest BCUT2D eigenvalue weighted by molar-refractivity contribution is 6.30. The lowest BCUT2D eigenvalue weighted by atomic mass is 9.88. The van der Waals surface area contributed by atoms with E-state index in [-0.39, 0.29) is 11.7 Å². The maximum absolute atomic E-state index is 12.1. The first-order valence-electron chi connectivity index (χ1n) is 7.00. The number of nitrogens with one attached hydrogen (secondary N) is 1. The van der Waals surface area contributed by atoms with E-state index in [0.717, 1.165) is 25.1 Å². The zero-order chi connectivity index (χ0) is 14.2. The van der Waals surface area contributed by atoms with Gasteiger partial charge in [-0.1, -0.05) is 23.7 Å². The summed E-state index contributed by atoms with van der Waals surface area (Å²) in [6.07, 6.45) is 0.854. The molecule has 1 N–H and O–H groups in total. The molecule has 2 aliphatic rings. The first-order chi connectivity index (χ1) is 9.57. The predicted octanol–water partition coefficient (Wildman–Crippen LogP) is 2.66. The third-order valence-electron chi connectivity index (χ3n) is 4.29. The lowest BCUT2D eigenvalue weighted by Gasteiger charge is -2.28. The highest BCUT2D eigenvalue weighted by Gasteiger charge is 2.47. The van der Waals surface area contributed by atoms with Crippen LogP contribution in [-0.2, 0) is 11.3 Å². The summed E-state index contributed by atoms with van der Waals surface area (Å²) in [5.41, 5.74) is 0.702. The SMILES string of the molecule is CC1(C2CCNC2)CN(Cc2ccc(Cl)cc2)C(=O)O1. The van der Waals surface area contributed by atoms with Gasteiger partial charge in [-0.2, -0.15) is 0 Å². The average Bonchev–Trinajstić information content (AvgIpc) is 3.02. The summed E-state index contributed by atoms with van der Waals surface area (Å²) in [6, 6.07) is 7.58. The van der Waals surface area contributed by atoms with Crippen LogP contribution >= 0.6 is 11.6 Å². The van der Waals surface area contributed by atoms with E-state index in [0.29, 0.717) is 24.0 Å². The van der Waals surface area contributed by atoms with Crippen LogP contribution in [-0.4, -0.2) is 36.2 Å². The second-order valence-corrected chi connectivity index (χ2v) is 6.29. The largest absolute Gasteiger partial charge is 0.441 e. The van der Waals surface area contributed by atoms with Crippen molar-refractivity contribution < 1.29 is 9.53 Å². The van der Waals surface area contributed by atoms with Crippen LogP contribution in [0.1, 0.15) is 18.9 Å². The third kappa shape index (κ3) is 2.63. The van der Waals surface area contributed by atoms with Crippen molar-refractivity contribution in [2.75, 3.05) is 19.6 Å². The molecule has 20 heavy (non-hydrogen) atoms. The Morgan fingerprint density at radius 2 is 2.20 bits per heavy atom. The average molecular weight is 295 g/mol. The summed E-state index contributed by atoms with van der Waals surface area (Å²) in [7, 11) is 0. The van der Waals surface area contributed by atoms with Gasteiger partial charge in [-0.15, -0.1) is 0 Å². The van der Waals surface area contributed by atoms with Gasteiger partial charge in [0, 0.05) is 24.0 Å². The van der Waals surface area contributed by atoms with Crippen LogP contribution in [0.4, 0.5) is 4.79 Å². The van der Waals surface area contributed by atoms with E-state index in [9.17, 15) is 4.79 Å². The number of amides is 1. The maximum atomic E-state index is 12.1. The molecule has 1 aromatic carbocycles. The summed E-state index contributed by atoms with van der Waals surface area (Å²) >= 11 is 5.88. The molecule has 0 aliphatic carbocycles. The monoisotopic (exact) mass is 294 g/mol. The van der Waals surface area contributed by atoms with Crippen LogP contribution in [0, 0.1) is 5.92 Å². The van der Waals surface area contributed by atoms with Gasteiger partial charge in [-0.3, -0.25) is 4.90 Å². The van der Waals surface area contributed by atoms with E-state index in [4.69, 9.17) is 16.3 Å². The number of nitrogens with zero attached hydrogens (tertiary/aromatic N) is 1. The molecule has 2 saturated heterocycles. The predicted molar refractivity (Wildman–Crippen MR) is 77.7 cm³/mol. The van der Waals surface area contributed by atoms with Crippen LogP contribution in [0.15, 0.2) is 24.3 Å². The Morgan fingerprint density at radius 1 is 1.45 bits per heavy atom. The van der Waals surface area contributed by atoms with Crippen LogP contribution < -0.4 is 5.32 Å². The second kappa shape index (κ2) is 5.26. The Balaban J connectivity index is 1.69. The number of ether oxygens (including phenoxy) is 1. The highest BCUT2D eigenvalue weighted by atomic mass is 35.5. The number of halogens is 1. The lowest BCUT2D eigenvalue weighted by Crippen LogP contribution is -2.40. The van der Waals surface area contributed by atoms with E-state index < -0.39 is 0 Å². The molecular formula is C15H19ClN2O2. The number of hydrogen-bond acceptors (Lipinski definition) is 3. The van der Waals surface area contributed by atoms with Crippen molar-refractivity contribution in [2.45, 2.75) is 25.5 Å². The normalized spacial score (nSPS) is 29.8. The van der Waals surface area contributed by atoms with Gasteiger partial charge in [0.15, 0.2) is 0 Å². The molecule has 4 nitrogen and oxygen atoms in total. The van der Waals surface area contributed by atoms with Crippen molar-refractivity contribution in [1.82, 2.24) is 10.2 Å². The van der Waals surface area contributed by atoms with Gasteiger partial charge in [0.05, 0.1) is 6.54 Å². The molecule has 0 bridgehead atoms. The molecule has 1 amide bonds. The quantitative estimate of drug-likeness (QED) is 0.932. The Labute approximate surface area is 124 Å². The van der Waals surface area contributed by atoms with Crippen LogP contribution in [0.5, 0.6) is 0 Å².